The SMILES string of the molecule is Cc1nn(-c2ccccc2)c(C)c1NC(=O)COC(=O)Cn1cnc2ccccc2c1=O. The van der Waals surface area contributed by atoms with Crippen molar-refractivity contribution in [2.24, 2.45) is 0 Å². The number of fused-ring (bicyclic) bond motifs is 1. The molecule has 0 saturated carbocycles. The van der Waals surface area contributed by atoms with Crippen LogP contribution in [0.4, 0.5) is 5.69 Å². The van der Waals surface area contributed by atoms with Crippen molar-refractivity contribution in [1.82, 2.24) is 19.3 Å². The molecule has 32 heavy (non-hydrogen) atoms. The Bertz CT molecular complexity index is 1360. The summed E-state index contributed by atoms with van der Waals surface area (Å²) in [5.74, 6) is -1.21. The Hall–Kier alpha value is -4.27. The molecule has 2 aromatic heterocycles. The van der Waals surface area contributed by atoms with E-state index in [1.54, 1.807) is 35.9 Å². The van der Waals surface area contributed by atoms with Gasteiger partial charge in [0.25, 0.3) is 11.5 Å². The molecule has 9 nitrogen and oxygen atoms in total. The zero-order chi connectivity index (χ0) is 22.7. The molecule has 2 heterocycles. The first-order valence-corrected chi connectivity index (χ1v) is 9.95. The zero-order valence-electron chi connectivity index (χ0n) is 17.6. The number of para-hydroxylation sites is 2. The molecule has 0 unspecified atom stereocenters. The molecule has 4 aromatic rings. The molecule has 162 valence electrons. The molecule has 0 aliphatic rings. The van der Waals surface area contributed by atoms with Crippen LogP contribution in [0.1, 0.15) is 11.4 Å². The lowest BCUT2D eigenvalue weighted by Crippen LogP contribution is -2.28. The van der Waals surface area contributed by atoms with Gasteiger partial charge in [-0.15, -0.1) is 0 Å². The van der Waals surface area contributed by atoms with Crippen LogP contribution in [-0.2, 0) is 20.9 Å². The molecule has 0 aliphatic carbocycles. The Labute approximate surface area is 183 Å². The van der Waals surface area contributed by atoms with E-state index in [9.17, 15) is 14.4 Å². The summed E-state index contributed by atoms with van der Waals surface area (Å²) in [5, 5.41) is 7.62. The van der Waals surface area contributed by atoms with Crippen LogP contribution < -0.4 is 10.9 Å². The molecular formula is C23H21N5O4. The van der Waals surface area contributed by atoms with E-state index in [0.717, 1.165) is 15.9 Å². The average Bonchev–Trinajstić information content (AvgIpc) is 3.08. The standard InChI is InChI=1S/C23H21N5O4/c1-15-22(16(2)28(26-15)17-8-4-3-5-9-17)25-20(29)13-32-21(30)12-27-14-24-19-11-7-6-10-18(19)23(27)31/h3-11,14H,12-13H2,1-2H3,(H,25,29). The summed E-state index contributed by atoms with van der Waals surface area (Å²) in [6.45, 7) is 2.80. The van der Waals surface area contributed by atoms with E-state index in [4.69, 9.17) is 4.74 Å². The molecule has 0 aliphatic heterocycles. The highest BCUT2D eigenvalue weighted by Crippen LogP contribution is 2.22. The van der Waals surface area contributed by atoms with Gasteiger partial charge in [-0.05, 0) is 38.1 Å². The van der Waals surface area contributed by atoms with Crippen molar-refractivity contribution < 1.29 is 14.3 Å². The number of nitrogens with one attached hydrogen (secondary N) is 1. The van der Waals surface area contributed by atoms with E-state index in [2.05, 4.69) is 15.4 Å². The van der Waals surface area contributed by atoms with Gasteiger partial charge in [0.2, 0.25) is 0 Å². The zero-order valence-corrected chi connectivity index (χ0v) is 17.6. The summed E-state index contributed by atoms with van der Waals surface area (Å²) in [6.07, 6.45) is 1.29. The highest BCUT2D eigenvalue weighted by molar-refractivity contribution is 5.94. The van der Waals surface area contributed by atoms with Crippen molar-refractivity contribution in [2.75, 3.05) is 11.9 Å². The van der Waals surface area contributed by atoms with Crippen molar-refractivity contribution in [3.05, 3.63) is 82.7 Å². The number of amides is 1. The van der Waals surface area contributed by atoms with Gasteiger partial charge in [-0.2, -0.15) is 5.10 Å². The van der Waals surface area contributed by atoms with E-state index in [1.807, 2.05) is 37.3 Å². The molecule has 0 spiro atoms. The minimum Gasteiger partial charge on any atom is -0.454 e. The van der Waals surface area contributed by atoms with Gasteiger partial charge >= 0.3 is 5.97 Å². The van der Waals surface area contributed by atoms with Crippen molar-refractivity contribution in [2.45, 2.75) is 20.4 Å². The maximum atomic E-state index is 12.5. The molecule has 0 atom stereocenters. The maximum absolute atomic E-state index is 12.5. The van der Waals surface area contributed by atoms with Crippen LogP contribution in [0.15, 0.2) is 65.7 Å². The predicted molar refractivity (Wildman–Crippen MR) is 119 cm³/mol. The third kappa shape index (κ3) is 4.27. The molecule has 0 bridgehead atoms. The van der Waals surface area contributed by atoms with E-state index >= 15 is 0 Å². The smallest absolute Gasteiger partial charge is 0.326 e. The molecule has 2 aromatic carbocycles. The number of carbonyl (C=O) groups excluding carboxylic acids is 2. The van der Waals surface area contributed by atoms with Crippen molar-refractivity contribution in [1.29, 1.82) is 0 Å². The Balaban J connectivity index is 1.39. The lowest BCUT2D eigenvalue weighted by atomic mass is 10.2. The molecule has 0 radical (unpaired) electrons. The molecule has 1 N–H and O–H groups in total. The quantitative estimate of drug-likeness (QED) is 0.470. The number of nitrogens with zero attached hydrogens (tertiary/aromatic N) is 4. The van der Waals surface area contributed by atoms with Crippen molar-refractivity contribution >= 4 is 28.5 Å². The number of esters is 1. The minimum atomic E-state index is -0.715. The normalized spacial score (nSPS) is 10.8. The third-order valence-electron chi connectivity index (χ3n) is 4.95. The maximum Gasteiger partial charge on any atom is 0.326 e. The topological polar surface area (TPSA) is 108 Å². The molecular weight excluding hydrogens is 410 g/mol. The Kier molecular flexibility index (Phi) is 5.80. The van der Waals surface area contributed by atoms with Gasteiger partial charge in [-0.1, -0.05) is 30.3 Å². The van der Waals surface area contributed by atoms with Gasteiger partial charge in [-0.3, -0.25) is 19.0 Å². The first kappa shape index (κ1) is 21.0. The van der Waals surface area contributed by atoms with E-state index in [-0.39, 0.29) is 12.1 Å². The number of aryl methyl sites for hydroxylation is 1. The Morgan fingerprint density at radius 1 is 1.03 bits per heavy atom. The molecule has 9 heteroatoms. The van der Waals surface area contributed by atoms with E-state index in [1.165, 1.54) is 6.33 Å². The van der Waals surface area contributed by atoms with Crippen LogP contribution in [0.3, 0.4) is 0 Å². The van der Waals surface area contributed by atoms with Crippen molar-refractivity contribution in [3.8, 4) is 5.69 Å². The average molecular weight is 431 g/mol. The number of carbonyl (C=O) groups is 2. The van der Waals surface area contributed by atoms with Crippen LogP contribution >= 0.6 is 0 Å². The largest absolute Gasteiger partial charge is 0.454 e. The molecule has 0 fully saturated rings. The molecule has 1 amide bonds. The first-order chi connectivity index (χ1) is 15.4. The Morgan fingerprint density at radius 3 is 2.53 bits per heavy atom. The number of anilines is 1. The predicted octanol–water partition coefficient (Wildman–Crippen LogP) is 2.38. The number of ether oxygens (including phenoxy) is 1. The molecule has 0 saturated heterocycles. The second-order valence-corrected chi connectivity index (χ2v) is 7.20. The second kappa shape index (κ2) is 8.84. The summed E-state index contributed by atoms with van der Waals surface area (Å²) >= 11 is 0. The fourth-order valence-corrected chi connectivity index (χ4v) is 3.37. The van der Waals surface area contributed by atoms with E-state index < -0.39 is 18.5 Å². The van der Waals surface area contributed by atoms with Crippen LogP contribution in [0.25, 0.3) is 16.6 Å². The van der Waals surface area contributed by atoms with Gasteiger partial charge < -0.3 is 10.1 Å². The number of aromatic nitrogens is 4. The minimum absolute atomic E-state index is 0.339. The lowest BCUT2D eigenvalue weighted by molar-refractivity contribution is -0.147. The summed E-state index contributed by atoms with van der Waals surface area (Å²) in [6, 6.07) is 16.4. The number of benzene rings is 2. The number of hydrogen-bond donors (Lipinski definition) is 1. The lowest BCUT2D eigenvalue weighted by Gasteiger charge is -2.09. The highest BCUT2D eigenvalue weighted by Gasteiger charge is 2.17. The van der Waals surface area contributed by atoms with E-state index in [0.29, 0.717) is 22.3 Å². The number of rotatable bonds is 6. The van der Waals surface area contributed by atoms with Gasteiger partial charge in [0, 0.05) is 0 Å². The molecule has 4 rings (SSSR count). The van der Waals surface area contributed by atoms with Crippen LogP contribution in [-0.4, -0.2) is 37.8 Å². The van der Waals surface area contributed by atoms with Gasteiger partial charge in [0.15, 0.2) is 6.61 Å². The summed E-state index contributed by atoms with van der Waals surface area (Å²) in [4.78, 5) is 41.2. The second-order valence-electron chi connectivity index (χ2n) is 7.20. The monoisotopic (exact) mass is 431 g/mol. The first-order valence-electron chi connectivity index (χ1n) is 9.95. The highest BCUT2D eigenvalue weighted by atomic mass is 16.5. The van der Waals surface area contributed by atoms with Crippen LogP contribution in [0.5, 0.6) is 0 Å². The summed E-state index contributed by atoms with van der Waals surface area (Å²) < 4.78 is 7.94. The van der Waals surface area contributed by atoms with Crippen molar-refractivity contribution in [3.63, 3.8) is 0 Å². The van der Waals surface area contributed by atoms with Gasteiger partial charge in [0.1, 0.15) is 6.54 Å². The van der Waals surface area contributed by atoms with Crippen LogP contribution in [0, 0.1) is 13.8 Å². The fraction of sp³-hybridized carbons (Fsp3) is 0.174. The van der Waals surface area contributed by atoms with Gasteiger partial charge in [-0.25, -0.2) is 9.67 Å². The van der Waals surface area contributed by atoms with Gasteiger partial charge in [0.05, 0.1) is 40.0 Å². The van der Waals surface area contributed by atoms with Crippen LogP contribution in [0.2, 0.25) is 0 Å². The summed E-state index contributed by atoms with van der Waals surface area (Å²) in [5.41, 5.74) is 3.01. The Morgan fingerprint density at radius 2 is 1.75 bits per heavy atom. The number of hydrogen-bond acceptors (Lipinski definition) is 6. The third-order valence-corrected chi connectivity index (χ3v) is 4.95. The summed E-state index contributed by atoms with van der Waals surface area (Å²) in [7, 11) is 0. The fourth-order valence-electron chi connectivity index (χ4n) is 3.37.